The third-order valence-corrected chi connectivity index (χ3v) is 4.70. The molecule has 0 saturated carbocycles. The first kappa shape index (κ1) is 19.6. The topological polar surface area (TPSA) is 78.5 Å². The van der Waals surface area contributed by atoms with E-state index in [2.05, 4.69) is 10.6 Å². The summed E-state index contributed by atoms with van der Waals surface area (Å²) >= 11 is 0. The third-order valence-electron chi connectivity index (χ3n) is 4.70. The van der Waals surface area contributed by atoms with Gasteiger partial charge in [0.05, 0.1) is 6.42 Å². The van der Waals surface area contributed by atoms with Crippen molar-refractivity contribution in [1.29, 1.82) is 0 Å². The smallest absolute Gasteiger partial charge is 0.251 e. The molecule has 2 aromatic rings. The maximum absolute atomic E-state index is 12.2. The predicted molar refractivity (Wildman–Crippen MR) is 108 cm³/mol. The van der Waals surface area contributed by atoms with Gasteiger partial charge in [-0.25, -0.2) is 0 Å². The van der Waals surface area contributed by atoms with Crippen LogP contribution in [0, 0.1) is 0 Å². The molecule has 28 heavy (non-hydrogen) atoms. The molecular weight excluding hydrogens is 354 g/mol. The van der Waals surface area contributed by atoms with Crippen LogP contribution in [0.25, 0.3) is 0 Å². The summed E-state index contributed by atoms with van der Waals surface area (Å²) in [5.74, 6) is -0.139. The molecule has 0 bridgehead atoms. The minimum Gasteiger partial charge on any atom is -0.354 e. The van der Waals surface area contributed by atoms with E-state index in [0.29, 0.717) is 31.5 Å². The lowest BCUT2D eigenvalue weighted by atomic mass is 10.1. The van der Waals surface area contributed by atoms with Gasteiger partial charge in [-0.05, 0) is 42.7 Å². The highest BCUT2D eigenvalue weighted by Gasteiger charge is 2.19. The Bertz CT molecular complexity index is 819. The second-order valence-electron chi connectivity index (χ2n) is 6.82. The SMILES string of the molecule is O=C(Cc1ccccc1)NCCNC(=O)c1ccc(N2CCCCC2=O)cc1. The van der Waals surface area contributed by atoms with Crippen molar-refractivity contribution in [2.45, 2.75) is 25.7 Å². The van der Waals surface area contributed by atoms with Gasteiger partial charge in [0.2, 0.25) is 11.8 Å². The number of nitrogens with zero attached hydrogens (tertiary/aromatic N) is 1. The number of hydrogen-bond donors (Lipinski definition) is 2. The maximum atomic E-state index is 12.2. The van der Waals surface area contributed by atoms with E-state index < -0.39 is 0 Å². The lowest BCUT2D eigenvalue weighted by Crippen LogP contribution is -2.36. The van der Waals surface area contributed by atoms with E-state index in [0.717, 1.165) is 30.6 Å². The molecule has 0 aromatic heterocycles. The molecule has 0 aliphatic carbocycles. The van der Waals surface area contributed by atoms with Crippen molar-refractivity contribution in [2.75, 3.05) is 24.5 Å². The van der Waals surface area contributed by atoms with Gasteiger partial charge in [-0.3, -0.25) is 14.4 Å². The van der Waals surface area contributed by atoms with Crippen LogP contribution in [-0.2, 0) is 16.0 Å². The Hall–Kier alpha value is -3.15. The van der Waals surface area contributed by atoms with Crippen molar-refractivity contribution in [3.05, 3.63) is 65.7 Å². The first-order chi connectivity index (χ1) is 13.6. The Labute approximate surface area is 164 Å². The molecule has 0 unspecified atom stereocenters. The molecule has 6 nitrogen and oxygen atoms in total. The standard InChI is InChI=1S/C22H25N3O3/c26-20(16-17-6-2-1-3-7-17)23-13-14-24-22(28)18-9-11-19(12-10-18)25-15-5-4-8-21(25)27/h1-3,6-7,9-12H,4-5,8,13-16H2,(H,23,26)(H,24,28). The number of carbonyl (C=O) groups is 3. The van der Waals surface area contributed by atoms with E-state index in [1.165, 1.54) is 0 Å². The Balaban J connectivity index is 1.41. The lowest BCUT2D eigenvalue weighted by Gasteiger charge is -2.26. The summed E-state index contributed by atoms with van der Waals surface area (Å²) in [6.45, 7) is 1.45. The first-order valence-electron chi connectivity index (χ1n) is 9.63. The Morgan fingerprint density at radius 1 is 0.893 bits per heavy atom. The van der Waals surface area contributed by atoms with Gasteiger partial charge < -0.3 is 15.5 Å². The van der Waals surface area contributed by atoms with Gasteiger partial charge in [0, 0.05) is 37.3 Å². The van der Waals surface area contributed by atoms with E-state index in [1.807, 2.05) is 30.3 Å². The van der Waals surface area contributed by atoms with Crippen molar-refractivity contribution in [1.82, 2.24) is 10.6 Å². The zero-order valence-corrected chi connectivity index (χ0v) is 15.8. The molecule has 0 radical (unpaired) electrons. The van der Waals surface area contributed by atoms with Crippen molar-refractivity contribution in [2.24, 2.45) is 0 Å². The molecular formula is C22H25N3O3. The van der Waals surface area contributed by atoms with Crippen LogP contribution in [0.15, 0.2) is 54.6 Å². The maximum Gasteiger partial charge on any atom is 0.251 e. The molecule has 3 amide bonds. The van der Waals surface area contributed by atoms with Gasteiger partial charge in [0.15, 0.2) is 0 Å². The monoisotopic (exact) mass is 379 g/mol. The molecule has 0 atom stereocenters. The highest BCUT2D eigenvalue weighted by Crippen LogP contribution is 2.21. The number of carbonyl (C=O) groups excluding carboxylic acids is 3. The van der Waals surface area contributed by atoms with Crippen LogP contribution in [0.5, 0.6) is 0 Å². The molecule has 3 rings (SSSR count). The quantitative estimate of drug-likeness (QED) is 0.725. The number of piperidine rings is 1. The normalized spacial score (nSPS) is 13.9. The Kier molecular flexibility index (Phi) is 6.78. The summed E-state index contributed by atoms with van der Waals surface area (Å²) in [4.78, 5) is 37.9. The molecule has 1 fully saturated rings. The number of anilines is 1. The zero-order valence-electron chi connectivity index (χ0n) is 15.8. The summed E-state index contributed by atoms with van der Waals surface area (Å²) in [6, 6.07) is 16.6. The molecule has 1 saturated heterocycles. The van der Waals surface area contributed by atoms with Crippen molar-refractivity contribution in [3.63, 3.8) is 0 Å². The molecule has 6 heteroatoms. The van der Waals surface area contributed by atoms with E-state index in [9.17, 15) is 14.4 Å². The summed E-state index contributed by atoms with van der Waals surface area (Å²) in [5, 5.41) is 5.59. The molecule has 146 valence electrons. The number of nitrogens with one attached hydrogen (secondary N) is 2. The Morgan fingerprint density at radius 2 is 1.61 bits per heavy atom. The summed E-state index contributed by atoms with van der Waals surface area (Å²) in [6.07, 6.45) is 2.85. The van der Waals surface area contributed by atoms with Gasteiger partial charge in [-0.1, -0.05) is 30.3 Å². The first-order valence-corrected chi connectivity index (χ1v) is 9.63. The van der Waals surface area contributed by atoms with Crippen LogP contribution in [0.4, 0.5) is 5.69 Å². The van der Waals surface area contributed by atoms with Crippen molar-refractivity contribution in [3.8, 4) is 0 Å². The zero-order chi connectivity index (χ0) is 19.8. The van der Waals surface area contributed by atoms with Gasteiger partial charge >= 0.3 is 0 Å². The minimum absolute atomic E-state index is 0.0731. The fourth-order valence-corrected chi connectivity index (χ4v) is 3.20. The highest BCUT2D eigenvalue weighted by atomic mass is 16.2. The molecule has 2 aromatic carbocycles. The van der Waals surface area contributed by atoms with E-state index in [1.54, 1.807) is 29.2 Å². The number of amides is 3. The fraction of sp³-hybridized carbons (Fsp3) is 0.318. The average Bonchev–Trinajstić information content (AvgIpc) is 2.72. The third kappa shape index (κ3) is 5.42. The highest BCUT2D eigenvalue weighted by molar-refractivity contribution is 5.97. The average molecular weight is 379 g/mol. The minimum atomic E-state index is -0.200. The predicted octanol–water partition coefficient (Wildman–Crippen LogP) is 2.29. The second kappa shape index (κ2) is 9.69. The van der Waals surface area contributed by atoms with Gasteiger partial charge in [-0.15, -0.1) is 0 Å². The van der Waals surface area contributed by atoms with Crippen molar-refractivity contribution < 1.29 is 14.4 Å². The van der Waals surface area contributed by atoms with Crippen LogP contribution in [0.2, 0.25) is 0 Å². The van der Waals surface area contributed by atoms with Crippen molar-refractivity contribution >= 4 is 23.4 Å². The van der Waals surface area contributed by atoms with E-state index in [4.69, 9.17) is 0 Å². The Morgan fingerprint density at radius 3 is 2.32 bits per heavy atom. The second-order valence-corrected chi connectivity index (χ2v) is 6.82. The van der Waals surface area contributed by atoms with Crippen LogP contribution >= 0.6 is 0 Å². The van der Waals surface area contributed by atoms with E-state index in [-0.39, 0.29) is 17.7 Å². The summed E-state index contributed by atoms with van der Waals surface area (Å²) < 4.78 is 0. The van der Waals surface area contributed by atoms with Crippen LogP contribution in [-0.4, -0.2) is 37.4 Å². The van der Waals surface area contributed by atoms with Gasteiger partial charge in [-0.2, -0.15) is 0 Å². The molecule has 1 heterocycles. The number of rotatable bonds is 7. The summed E-state index contributed by atoms with van der Waals surface area (Å²) in [7, 11) is 0. The molecule has 2 N–H and O–H groups in total. The largest absolute Gasteiger partial charge is 0.354 e. The van der Waals surface area contributed by atoms with Crippen LogP contribution < -0.4 is 15.5 Å². The van der Waals surface area contributed by atoms with Crippen LogP contribution in [0.3, 0.4) is 0 Å². The summed E-state index contributed by atoms with van der Waals surface area (Å²) in [5.41, 5.74) is 2.31. The number of benzene rings is 2. The fourth-order valence-electron chi connectivity index (χ4n) is 3.20. The number of hydrogen-bond acceptors (Lipinski definition) is 3. The molecule has 0 spiro atoms. The van der Waals surface area contributed by atoms with E-state index >= 15 is 0 Å². The molecule has 1 aliphatic heterocycles. The molecule has 1 aliphatic rings. The van der Waals surface area contributed by atoms with Gasteiger partial charge in [0.25, 0.3) is 5.91 Å². The van der Waals surface area contributed by atoms with Gasteiger partial charge in [0.1, 0.15) is 0 Å². The van der Waals surface area contributed by atoms with Crippen LogP contribution in [0.1, 0.15) is 35.2 Å². The lowest BCUT2D eigenvalue weighted by molar-refractivity contribution is -0.120.